The summed E-state index contributed by atoms with van der Waals surface area (Å²) in [5.41, 5.74) is 2.06. The third-order valence-electron chi connectivity index (χ3n) is 3.86. The molecule has 1 rings (SSSR count). The molecule has 6 heteroatoms. The number of amides is 1. The summed E-state index contributed by atoms with van der Waals surface area (Å²) in [7, 11) is 0. The Labute approximate surface area is 156 Å². The number of benzene rings is 1. The first-order valence-corrected chi connectivity index (χ1v) is 9.19. The van der Waals surface area contributed by atoms with E-state index in [0.717, 1.165) is 11.1 Å². The summed E-state index contributed by atoms with van der Waals surface area (Å²) < 4.78 is 16.0. The number of carbonyl (C=O) groups is 2. The Morgan fingerprint density at radius 3 is 2.54 bits per heavy atom. The summed E-state index contributed by atoms with van der Waals surface area (Å²) >= 11 is 0. The van der Waals surface area contributed by atoms with E-state index >= 15 is 0 Å². The minimum absolute atomic E-state index is 0.0538. The van der Waals surface area contributed by atoms with Crippen molar-refractivity contribution in [2.24, 2.45) is 0 Å². The Morgan fingerprint density at radius 1 is 1.08 bits per heavy atom. The Hall–Kier alpha value is -2.08. The highest BCUT2D eigenvalue weighted by atomic mass is 16.5. The second kappa shape index (κ2) is 12.3. The highest BCUT2D eigenvalue weighted by molar-refractivity contribution is 5.78. The van der Waals surface area contributed by atoms with E-state index in [9.17, 15) is 9.59 Å². The topological polar surface area (TPSA) is 65.1 Å². The molecule has 0 radical (unpaired) electrons. The Kier molecular flexibility index (Phi) is 10.4. The van der Waals surface area contributed by atoms with Crippen LogP contribution in [0.4, 0.5) is 0 Å². The van der Waals surface area contributed by atoms with Crippen molar-refractivity contribution in [3.8, 4) is 5.75 Å². The first-order chi connectivity index (χ1) is 12.5. The fourth-order valence-electron chi connectivity index (χ4n) is 2.42. The SMILES string of the molecule is CCOCCCN(CCC(=O)OCC)C(=O)COc1cc(C)ccc1C. The third-order valence-corrected chi connectivity index (χ3v) is 3.86. The van der Waals surface area contributed by atoms with Gasteiger partial charge in [0.1, 0.15) is 5.75 Å². The molecule has 146 valence electrons. The lowest BCUT2D eigenvalue weighted by Gasteiger charge is -2.23. The second-order valence-electron chi connectivity index (χ2n) is 6.04. The van der Waals surface area contributed by atoms with Crippen molar-refractivity contribution in [2.45, 2.75) is 40.5 Å². The van der Waals surface area contributed by atoms with Crippen LogP contribution < -0.4 is 4.74 Å². The average Bonchev–Trinajstić information content (AvgIpc) is 2.61. The zero-order valence-corrected chi connectivity index (χ0v) is 16.4. The molecule has 0 aromatic heterocycles. The van der Waals surface area contributed by atoms with Crippen LogP contribution in [-0.4, -0.2) is 56.3 Å². The summed E-state index contributed by atoms with van der Waals surface area (Å²) in [5.74, 6) is 0.260. The molecule has 0 aliphatic heterocycles. The Morgan fingerprint density at radius 2 is 1.85 bits per heavy atom. The highest BCUT2D eigenvalue weighted by Crippen LogP contribution is 2.19. The summed E-state index contributed by atoms with van der Waals surface area (Å²) in [4.78, 5) is 25.8. The molecule has 0 aliphatic rings. The van der Waals surface area contributed by atoms with Gasteiger partial charge in [0, 0.05) is 26.3 Å². The first kappa shape index (κ1) is 22.0. The molecule has 0 N–H and O–H groups in total. The van der Waals surface area contributed by atoms with Gasteiger partial charge < -0.3 is 19.1 Å². The van der Waals surface area contributed by atoms with Gasteiger partial charge in [-0.1, -0.05) is 12.1 Å². The lowest BCUT2D eigenvalue weighted by molar-refractivity contribution is -0.144. The summed E-state index contributed by atoms with van der Waals surface area (Å²) in [6.07, 6.45) is 0.892. The third kappa shape index (κ3) is 8.34. The molecule has 1 aromatic rings. The van der Waals surface area contributed by atoms with E-state index < -0.39 is 0 Å². The summed E-state index contributed by atoms with van der Waals surface area (Å²) in [5, 5.41) is 0. The van der Waals surface area contributed by atoms with E-state index in [0.29, 0.717) is 45.1 Å². The van der Waals surface area contributed by atoms with Gasteiger partial charge in [-0.25, -0.2) is 0 Å². The van der Waals surface area contributed by atoms with E-state index in [1.54, 1.807) is 11.8 Å². The minimum Gasteiger partial charge on any atom is -0.483 e. The molecule has 6 nitrogen and oxygen atoms in total. The molecule has 0 unspecified atom stereocenters. The molecule has 0 fully saturated rings. The first-order valence-electron chi connectivity index (χ1n) is 9.19. The van der Waals surface area contributed by atoms with Gasteiger partial charge in [-0.15, -0.1) is 0 Å². The molecular formula is C20H31NO5. The predicted molar refractivity (Wildman–Crippen MR) is 100 cm³/mol. The van der Waals surface area contributed by atoms with Crippen LogP contribution in [-0.2, 0) is 19.1 Å². The maximum Gasteiger partial charge on any atom is 0.307 e. The lowest BCUT2D eigenvalue weighted by atomic mass is 10.1. The number of esters is 1. The molecule has 0 heterocycles. The second-order valence-corrected chi connectivity index (χ2v) is 6.04. The van der Waals surface area contributed by atoms with Crippen molar-refractivity contribution in [1.82, 2.24) is 4.90 Å². The zero-order valence-electron chi connectivity index (χ0n) is 16.4. The molecule has 0 aliphatic carbocycles. The average molecular weight is 365 g/mol. The molecule has 0 spiro atoms. The quantitative estimate of drug-likeness (QED) is 0.421. The van der Waals surface area contributed by atoms with Gasteiger partial charge in [0.05, 0.1) is 13.0 Å². The van der Waals surface area contributed by atoms with Gasteiger partial charge in [-0.3, -0.25) is 9.59 Å². The molecule has 26 heavy (non-hydrogen) atoms. The largest absolute Gasteiger partial charge is 0.483 e. The van der Waals surface area contributed by atoms with Crippen LogP contribution in [0.2, 0.25) is 0 Å². The van der Waals surface area contributed by atoms with E-state index in [1.165, 1.54) is 0 Å². The molecule has 0 saturated heterocycles. The van der Waals surface area contributed by atoms with E-state index in [1.807, 2.05) is 39.0 Å². The van der Waals surface area contributed by atoms with Gasteiger partial charge >= 0.3 is 5.97 Å². The van der Waals surface area contributed by atoms with Crippen LogP contribution in [0.5, 0.6) is 5.75 Å². The summed E-state index contributed by atoms with van der Waals surface area (Å²) in [6.45, 7) is 9.98. The van der Waals surface area contributed by atoms with Gasteiger partial charge in [-0.05, 0) is 51.3 Å². The van der Waals surface area contributed by atoms with Crippen molar-refractivity contribution < 1.29 is 23.8 Å². The fraction of sp³-hybridized carbons (Fsp3) is 0.600. The maximum atomic E-state index is 12.6. The van der Waals surface area contributed by atoms with Crippen LogP contribution in [0.3, 0.4) is 0 Å². The molecule has 0 bridgehead atoms. The van der Waals surface area contributed by atoms with Gasteiger partial charge in [0.25, 0.3) is 5.91 Å². The monoisotopic (exact) mass is 365 g/mol. The van der Waals surface area contributed by atoms with Crippen molar-refractivity contribution in [1.29, 1.82) is 0 Å². The number of aryl methyl sites for hydroxylation is 2. The number of hydrogen-bond donors (Lipinski definition) is 0. The Bertz CT molecular complexity index is 573. The fourth-order valence-corrected chi connectivity index (χ4v) is 2.42. The van der Waals surface area contributed by atoms with Crippen molar-refractivity contribution >= 4 is 11.9 Å². The van der Waals surface area contributed by atoms with Gasteiger partial charge in [0.2, 0.25) is 0 Å². The molecule has 0 saturated carbocycles. The number of carbonyl (C=O) groups excluding carboxylic acids is 2. The standard InChI is InChI=1S/C20H31NO5/c1-5-24-13-7-11-21(12-10-20(23)25-6-2)19(22)15-26-18-14-16(3)8-9-17(18)4/h8-9,14H,5-7,10-13,15H2,1-4H3. The van der Waals surface area contributed by atoms with Gasteiger partial charge in [-0.2, -0.15) is 0 Å². The van der Waals surface area contributed by atoms with Crippen LogP contribution in [0.25, 0.3) is 0 Å². The zero-order chi connectivity index (χ0) is 19.4. The highest BCUT2D eigenvalue weighted by Gasteiger charge is 2.16. The van der Waals surface area contributed by atoms with Crippen LogP contribution >= 0.6 is 0 Å². The smallest absolute Gasteiger partial charge is 0.307 e. The van der Waals surface area contributed by atoms with E-state index in [2.05, 4.69) is 0 Å². The van der Waals surface area contributed by atoms with Crippen LogP contribution in [0, 0.1) is 13.8 Å². The summed E-state index contributed by atoms with van der Waals surface area (Å²) in [6, 6.07) is 5.89. The molecule has 0 atom stereocenters. The van der Waals surface area contributed by atoms with Crippen molar-refractivity contribution in [2.75, 3.05) is 39.5 Å². The van der Waals surface area contributed by atoms with E-state index in [4.69, 9.17) is 14.2 Å². The normalized spacial score (nSPS) is 10.5. The molecule has 1 aromatic carbocycles. The number of hydrogen-bond acceptors (Lipinski definition) is 5. The van der Waals surface area contributed by atoms with Crippen molar-refractivity contribution in [3.05, 3.63) is 29.3 Å². The number of rotatable bonds is 12. The number of ether oxygens (including phenoxy) is 3. The van der Waals surface area contributed by atoms with Crippen molar-refractivity contribution in [3.63, 3.8) is 0 Å². The minimum atomic E-state index is -0.300. The Balaban J connectivity index is 2.60. The van der Waals surface area contributed by atoms with E-state index in [-0.39, 0.29) is 24.9 Å². The number of nitrogens with zero attached hydrogens (tertiary/aromatic N) is 1. The molecule has 1 amide bonds. The maximum absolute atomic E-state index is 12.6. The molecular weight excluding hydrogens is 334 g/mol. The van der Waals surface area contributed by atoms with Crippen LogP contribution in [0.1, 0.15) is 37.8 Å². The predicted octanol–water partition coefficient (Wildman–Crippen LogP) is 2.89. The van der Waals surface area contributed by atoms with Crippen LogP contribution in [0.15, 0.2) is 18.2 Å². The van der Waals surface area contributed by atoms with Gasteiger partial charge in [0.15, 0.2) is 6.61 Å². The lowest BCUT2D eigenvalue weighted by Crippen LogP contribution is -2.38.